The van der Waals surface area contributed by atoms with Crippen LogP contribution >= 0.6 is 0 Å². The maximum absolute atomic E-state index is 11.1. The summed E-state index contributed by atoms with van der Waals surface area (Å²) in [4.78, 5) is 11.1. The lowest BCUT2D eigenvalue weighted by molar-refractivity contribution is 0.0697. The SMILES string of the molecule is CCOc1ccc(C(=O)O)cc1-c1cccc(OC)c1. The second-order valence-corrected chi connectivity index (χ2v) is 4.18. The van der Waals surface area contributed by atoms with Crippen LogP contribution in [0.25, 0.3) is 11.1 Å². The summed E-state index contributed by atoms with van der Waals surface area (Å²) in [6.45, 7) is 2.41. The van der Waals surface area contributed by atoms with E-state index >= 15 is 0 Å². The van der Waals surface area contributed by atoms with E-state index in [1.807, 2.05) is 31.2 Å². The Hall–Kier alpha value is -2.49. The molecule has 104 valence electrons. The number of ether oxygens (including phenoxy) is 2. The molecule has 0 radical (unpaired) electrons. The number of benzene rings is 2. The molecule has 2 aromatic rings. The van der Waals surface area contributed by atoms with Crippen molar-refractivity contribution < 1.29 is 19.4 Å². The fourth-order valence-corrected chi connectivity index (χ4v) is 1.96. The van der Waals surface area contributed by atoms with Gasteiger partial charge in [-0.3, -0.25) is 0 Å². The molecule has 0 fully saturated rings. The van der Waals surface area contributed by atoms with Crippen LogP contribution in [0.3, 0.4) is 0 Å². The predicted octanol–water partition coefficient (Wildman–Crippen LogP) is 3.46. The quantitative estimate of drug-likeness (QED) is 0.905. The zero-order valence-electron chi connectivity index (χ0n) is 11.4. The molecule has 0 aliphatic heterocycles. The van der Waals surface area contributed by atoms with E-state index in [0.29, 0.717) is 18.1 Å². The molecule has 4 heteroatoms. The van der Waals surface area contributed by atoms with Gasteiger partial charge in [-0.2, -0.15) is 0 Å². The van der Waals surface area contributed by atoms with Crippen molar-refractivity contribution >= 4 is 5.97 Å². The first-order valence-corrected chi connectivity index (χ1v) is 6.30. The van der Waals surface area contributed by atoms with Crippen LogP contribution in [-0.2, 0) is 0 Å². The van der Waals surface area contributed by atoms with Gasteiger partial charge in [-0.1, -0.05) is 12.1 Å². The average molecular weight is 272 g/mol. The molecule has 0 unspecified atom stereocenters. The van der Waals surface area contributed by atoms with Gasteiger partial charge in [0.1, 0.15) is 11.5 Å². The maximum Gasteiger partial charge on any atom is 0.335 e. The number of methoxy groups -OCH3 is 1. The molecule has 2 aromatic carbocycles. The molecule has 0 aliphatic carbocycles. The molecule has 0 saturated carbocycles. The van der Waals surface area contributed by atoms with Crippen LogP contribution in [0.5, 0.6) is 11.5 Å². The van der Waals surface area contributed by atoms with Gasteiger partial charge < -0.3 is 14.6 Å². The lowest BCUT2D eigenvalue weighted by Crippen LogP contribution is -1.99. The van der Waals surface area contributed by atoms with Crippen LogP contribution in [0.2, 0.25) is 0 Å². The van der Waals surface area contributed by atoms with E-state index in [-0.39, 0.29) is 5.56 Å². The highest BCUT2D eigenvalue weighted by Crippen LogP contribution is 2.33. The molecule has 20 heavy (non-hydrogen) atoms. The number of carboxylic acid groups (broad SMARTS) is 1. The highest BCUT2D eigenvalue weighted by Gasteiger charge is 2.11. The summed E-state index contributed by atoms with van der Waals surface area (Å²) < 4.78 is 10.8. The first kappa shape index (κ1) is 13.9. The zero-order chi connectivity index (χ0) is 14.5. The van der Waals surface area contributed by atoms with Gasteiger partial charge in [0.2, 0.25) is 0 Å². The number of hydrogen-bond acceptors (Lipinski definition) is 3. The average Bonchev–Trinajstić information content (AvgIpc) is 2.48. The minimum absolute atomic E-state index is 0.228. The first-order chi connectivity index (χ1) is 9.65. The summed E-state index contributed by atoms with van der Waals surface area (Å²) in [5, 5.41) is 9.11. The largest absolute Gasteiger partial charge is 0.497 e. The van der Waals surface area contributed by atoms with Gasteiger partial charge in [0.15, 0.2) is 0 Å². The Bertz CT molecular complexity index is 620. The molecule has 0 aliphatic rings. The van der Waals surface area contributed by atoms with Crippen molar-refractivity contribution in [3.05, 3.63) is 48.0 Å². The van der Waals surface area contributed by atoms with Crippen LogP contribution in [0.15, 0.2) is 42.5 Å². The van der Waals surface area contributed by atoms with Crippen molar-refractivity contribution in [2.24, 2.45) is 0 Å². The lowest BCUT2D eigenvalue weighted by atomic mass is 10.0. The van der Waals surface area contributed by atoms with E-state index < -0.39 is 5.97 Å². The van der Waals surface area contributed by atoms with Crippen molar-refractivity contribution in [1.82, 2.24) is 0 Å². The zero-order valence-corrected chi connectivity index (χ0v) is 11.4. The molecular weight excluding hydrogens is 256 g/mol. The Morgan fingerprint density at radius 1 is 1.20 bits per heavy atom. The van der Waals surface area contributed by atoms with Crippen molar-refractivity contribution in [3.8, 4) is 22.6 Å². The standard InChI is InChI=1S/C16H16O4/c1-3-20-15-8-7-12(16(17)18)10-14(15)11-5-4-6-13(9-11)19-2/h4-10H,3H2,1-2H3,(H,17,18). The van der Waals surface area contributed by atoms with Crippen LogP contribution in [0, 0.1) is 0 Å². The van der Waals surface area contributed by atoms with Crippen LogP contribution in [-0.4, -0.2) is 24.8 Å². The highest BCUT2D eigenvalue weighted by molar-refractivity contribution is 5.90. The summed E-state index contributed by atoms with van der Waals surface area (Å²) in [6, 6.07) is 12.3. The second-order valence-electron chi connectivity index (χ2n) is 4.18. The predicted molar refractivity (Wildman–Crippen MR) is 76.6 cm³/mol. The van der Waals surface area contributed by atoms with E-state index in [0.717, 1.165) is 11.1 Å². The fourth-order valence-electron chi connectivity index (χ4n) is 1.96. The van der Waals surface area contributed by atoms with Gasteiger partial charge >= 0.3 is 5.97 Å². The normalized spacial score (nSPS) is 10.1. The Labute approximate surface area is 117 Å². The minimum atomic E-state index is -0.961. The highest BCUT2D eigenvalue weighted by atomic mass is 16.5. The number of carboxylic acids is 1. The second kappa shape index (κ2) is 6.10. The monoisotopic (exact) mass is 272 g/mol. The Morgan fingerprint density at radius 2 is 2.00 bits per heavy atom. The Balaban J connectivity index is 2.55. The number of aromatic carboxylic acids is 1. The van der Waals surface area contributed by atoms with Gasteiger partial charge in [-0.25, -0.2) is 4.79 Å². The summed E-state index contributed by atoms with van der Waals surface area (Å²) in [7, 11) is 1.59. The molecule has 0 bridgehead atoms. The van der Waals surface area contributed by atoms with E-state index in [4.69, 9.17) is 14.6 Å². The molecule has 4 nitrogen and oxygen atoms in total. The molecule has 0 heterocycles. The number of rotatable bonds is 5. The van der Waals surface area contributed by atoms with Crippen LogP contribution in [0.1, 0.15) is 17.3 Å². The maximum atomic E-state index is 11.1. The summed E-state index contributed by atoms with van der Waals surface area (Å²) >= 11 is 0. The summed E-state index contributed by atoms with van der Waals surface area (Å²) in [5.41, 5.74) is 1.83. The molecule has 0 atom stereocenters. The van der Waals surface area contributed by atoms with Crippen molar-refractivity contribution in [1.29, 1.82) is 0 Å². The molecule has 0 spiro atoms. The van der Waals surface area contributed by atoms with E-state index in [2.05, 4.69) is 0 Å². The molecule has 2 rings (SSSR count). The van der Waals surface area contributed by atoms with Crippen molar-refractivity contribution in [2.45, 2.75) is 6.92 Å². The molecule has 0 aromatic heterocycles. The minimum Gasteiger partial charge on any atom is -0.497 e. The van der Waals surface area contributed by atoms with Gasteiger partial charge in [-0.15, -0.1) is 0 Å². The number of carbonyl (C=O) groups is 1. The first-order valence-electron chi connectivity index (χ1n) is 6.30. The van der Waals surface area contributed by atoms with Gasteiger partial charge in [0, 0.05) is 5.56 Å². The Morgan fingerprint density at radius 3 is 2.65 bits per heavy atom. The summed E-state index contributed by atoms with van der Waals surface area (Å²) in [5.74, 6) is 0.411. The van der Waals surface area contributed by atoms with E-state index in [9.17, 15) is 4.79 Å². The van der Waals surface area contributed by atoms with Gasteiger partial charge in [-0.05, 0) is 42.8 Å². The van der Waals surface area contributed by atoms with Crippen molar-refractivity contribution in [2.75, 3.05) is 13.7 Å². The summed E-state index contributed by atoms with van der Waals surface area (Å²) in [6.07, 6.45) is 0. The smallest absolute Gasteiger partial charge is 0.335 e. The van der Waals surface area contributed by atoms with E-state index in [1.165, 1.54) is 6.07 Å². The fraction of sp³-hybridized carbons (Fsp3) is 0.188. The van der Waals surface area contributed by atoms with E-state index in [1.54, 1.807) is 19.2 Å². The topological polar surface area (TPSA) is 55.8 Å². The molecule has 0 saturated heterocycles. The number of hydrogen-bond donors (Lipinski definition) is 1. The van der Waals surface area contributed by atoms with Crippen molar-refractivity contribution in [3.63, 3.8) is 0 Å². The lowest BCUT2D eigenvalue weighted by Gasteiger charge is -2.12. The van der Waals surface area contributed by atoms with Gasteiger partial charge in [0.25, 0.3) is 0 Å². The Kier molecular flexibility index (Phi) is 4.25. The third kappa shape index (κ3) is 2.91. The third-order valence-corrected chi connectivity index (χ3v) is 2.91. The molecule has 0 amide bonds. The molecule has 1 N–H and O–H groups in total. The molecular formula is C16H16O4. The van der Waals surface area contributed by atoms with Gasteiger partial charge in [0.05, 0.1) is 19.3 Å². The van der Waals surface area contributed by atoms with Crippen LogP contribution < -0.4 is 9.47 Å². The van der Waals surface area contributed by atoms with Crippen LogP contribution in [0.4, 0.5) is 0 Å². The third-order valence-electron chi connectivity index (χ3n) is 2.91.